The molecule has 1 fully saturated rings. The summed E-state index contributed by atoms with van der Waals surface area (Å²) in [5.74, 6) is 1.26. The van der Waals surface area contributed by atoms with Gasteiger partial charge in [-0.15, -0.1) is 0 Å². The fourth-order valence-electron chi connectivity index (χ4n) is 3.63. The molecule has 6 heteroatoms. The molecule has 1 saturated heterocycles. The Morgan fingerprint density at radius 2 is 2.07 bits per heavy atom. The quantitative estimate of drug-likeness (QED) is 0.636. The van der Waals surface area contributed by atoms with Gasteiger partial charge in [-0.3, -0.25) is 4.79 Å². The van der Waals surface area contributed by atoms with Gasteiger partial charge in [0.15, 0.2) is 0 Å². The van der Waals surface area contributed by atoms with Crippen molar-refractivity contribution in [1.82, 2.24) is 15.0 Å². The molecule has 150 valence electrons. The van der Waals surface area contributed by atoms with E-state index in [4.69, 9.17) is 9.26 Å². The number of amides is 1. The zero-order valence-corrected chi connectivity index (χ0v) is 16.6. The van der Waals surface area contributed by atoms with E-state index in [1.165, 1.54) is 0 Å². The highest BCUT2D eigenvalue weighted by molar-refractivity contribution is 5.77. The third kappa shape index (κ3) is 4.90. The maximum absolute atomic E-state index is 12.6. The molecule has 0 radical (unpaired) electrons. The van der Waals surface area contributed by atoms with E-state index in [1.807, 2.05) is 66.4 Å². The fourth-order valence-corrected chi connectivity index (χ4v) is 3.63. The molecule has 3 aromatic rings. The van der Waals surface area contributed by atoms with E-state index >= 15 is 0 Å². The molecule has 1 aromatic heterocycles. The molecule has 2 heterocycles. The first-order valence-corrected chi connectivity index (χ1v) is 9.99. The summed E-state index contributed by atoms with van der Waals surface area (Å²) in [6.45, 7) is 3.88. The number of aryl methyl sites for hydroxylation is 1. The molecule has 1 amide bonds. The van der Waals surface area contributed by atoms with Gasteiger partial charge in [0.25, 0.3) is 0 Å². The van der Waals surface area contributed by atoms with E-state index in [0.29, 0.717) is 24.9 Å². The number of nitrogens with zero attached hydrogens (tertiary/aromatic N) is 3. The minimum absolute atomic E-state index is 0.00375. The molecule has 0 spiro atoms. The van der Waals surface area contributed by atoms with Gasteiger partial charge in [0.05, 0.1) is 12.5 Å². The van der Waals surface area contributed by atoms with Crippen LogP contribution in [0, 0.1) is 6.92 Å². The zero-order valence-electron chi connectivity index (χ0n) is 16.6. The van der Waals surface area contributed by atoms with E-state index in [9.17, 15) is 4.79 Å². The lowest BCUT2D eigenvalue weighted by Crippen LogP contribution is -2.41. The van der Waals surface area contributed by atoms with Crippen molar-refractivity contribution in [2.75, 3.05) is 19.7 Å². The van der Waals surface area contributed by atoms with Crippen LogP contribution in [0.5, 0.6) is 0 Å². The van der Waals surface area contributed by atoms with Crippen LogP contribution in [0.15, 0.2) is 59.1 Å². The highest BCUT2D eigenvalue weighted by Gasteiger charge is 2.28. The maximum Gasteiger partial charge on any atom is 0.248 e. The van der Waals surface area contributed by atoms with Crippen molar-refractivity contribution in [2.24, 2.45) is 0 Å². The first kappa shape index (κ1) is 19.3. The van der Waals surface area contributed by atoms with Crippen molar-refractivity contribution in [3.8, 4) is 11.4 Å². The lowest BCUT2D eigenvalue weighted by atomic mass is 9.98. The smallest absolute Gasteiger partial charge is 0.248 e. The number of piperidine rings is 1. The third-order valence-corrected chi connectivity index (χ3v) is 5.18. The van der Waals surface area contributed by atoms with Crippen molar-refractivity contribution < 1.29 is 14.1 Å². The molecule has 0 N–H and O–H groups in total. The van der Waals surface area contributed by atoms with Gasteiger partial charge in [0.2, 0.25) is 17.6 Å². The molecule has 1 aliphatic heterocycles. The van der Waals surface area contributed by atoms with E-state index in [1.54, 1.807) is 0 Å². The average Bonchev–Trinajstić information content (AvgIpc) is 3.25. The van der Waals surface area contributed by atoms with Crippen LogP contribution in [0.2, 0.25) is 0 Å². The van der Waals surface area contributed by atoms with Crippen LogP contribution in [-0.2, 0) is 16.1 Å². The second-order valence-corrected chi connectivity index (χ2v) is 7.48. The lowest BCUT2D eigenvalue weighted by molar-refractivity contribution is -0.137. The summed E-state index contributed by atoms with van der Waals surface area (Å²) in [7, 11) is 0. The number of aromatic nitrogens is 2. The Labute approximate surface area is 170 Å². The Kier molecular flexibility index (Phi) is 6.00. The summed E-state index contributed by atoms with van der Waals surface area (Å²) < 4.78 is 11.1. The number of carbonyl (C=O) groups excluding carboxylic acids is 1. The second-order valence-electron chi connectivity index (χ2n) is 7.48. The summed E-state index contributed by atoms with van der Waals surface area (Å²) in [5, 5.41) is 4.14. The summed E-state index contributed by atoms with van der Waals surface area (Å²) in [6.07, 6.45) is 1.85. The average molecular weight is 391 g/mol. The standard InChI is InChI=1S/C23H25N3O3/c1-17-7-5-10-19(13-17)22-24-23(29-25-22)20-11-6-12-26(14-20)21(27)16-28-15-18-8-3-2-4-9-18/h2-5,7-10,13,20H,6,11-12,14-16H2,1H3. The predicted molar refractivity (Wildman–Crippen MR) is 109 cm³/mol. The van der Waals surface area contributed by atoms with Gasteiger partial charge in [-0.25, -0.2) is 0 Å². The van der Waals surface area contributed by atoms with Gasteiger partial charge in [-0.2, -0.15) is 4.98 Å². The van der Waals surface area contributed by atoms with Gasteiger partial charge in [0, 0.05) is 18.7 Å². The van der Waals surface area contributed by atoms with E-state index in [0.717, 1.165) is 36.1 Å². The summed E-state index contributed by atoms with van der Waals surface area (Å²) in [5.41, 5.74) is 3.16. The molecule has 1 unspecified atom stereocenters. The van der Waals surface area contributed by atoms with Crippen molar-refractivity contribution in [3.63, 3.8) is 0 Å². The van der Waals surface area contributed by atoms with Crippen molar-refractivity contribution in [1.29, 1.82) is 0 Å². The molecule has 0 bridgehead atoms. The number of ether oxygens (including phenoxy) is 1. The number of rotatable bonds is 6. The summed E-state index contributed by atoms with van der Waals surface area (Å²) >= 11 is 0. The number of carbonyl (C=O) groups is 1. The minimum atomic E-state index is 0.00375. The molecule has 6 nitrogen and oxygen atoms in total. The fraction of sp³-hybridized carbons (Fsp3) is 0.348. The molecule has 29 heavy (non-hydrogen) atoms. The van der Waals surface area contributed by atoms with Gasteiger partial charge in [-0.1, -0.05) is 59.3 Å². The molecular weight excluding hydrogens is 366 g/mol. The third-order valence-electron chi connectivity index (χ3n) is 5.18. The van der Waals surface area contributed by atoms with Crippen LogP contribution in [0.4, 0.5) is 0 Å². The maximum atomic E-state index is 12.6. The van der Waals surface area contributed by atoms with Crippen molar-refractivity contribution in [3.05, 3.63) is 71.6 Å². The number of hydrogen-bond acceptors (Lipinski definition) is 5. The molecular formula is C23H25N3O3. The molecule has 1 atom stereocenters. The monoisotopic (exact) mass is 391 g/mol. The van der Waals surface area contributed by atoms with E-state index < -0.39 is 0 Å². The number of benzene rings is 2. The first-order valence-electron chi connectivity index (χ1n) is 9.99. The summed E-state index contributed by atoms with van der Waals surface area (Å²) in [4.78, 5) is 19.0. The lowest BCUT2D eigenvalue weighted by Gasteiger charge is -2.31. The molecule has 2 aromatic carbocycles. The van der Waals surface area contributed by atoms with Crippen LogP contribution in [0.1, 0.15) is 35.8 Å². The predicted octanol–water partition coefficient (Wildman–Crippen LogP) is 3.97. The zero-order chi connectivity index (χ0) is 20.1. The van der Waals surface area contributed by atoms with E-state index in [2.05, 4.69) is 10.1 Å². The Balaban J connectivity index is 1.34. The Hall–Kier alpha value is -2.99. The molecule has 0 aliphatic carbocycles. The van der Waals surface area contributed by atoms with Crippen LogP contribution in [0.25, 0.3) is 11.4 Å². The Bertz CT molecular complexity index is 955. The van der Waals surface area contributed by atoms with Crippen molar-refractivity contribution >= 4 is 5.91 Å². The SMILES string of the molecule is Cc1cccc(-c2noc(C3CCCN(C(=O)COCc4ccccc4)C3)n2)c1. The molecule has 4 rings (SSSR count). The topological polar surface area (TPSA) is 68.5 Å². The number of hydrogen-bond donors (Lipinski definition) is 0. The normalized spacial score (nSPS) is 16.7. The van der Waals surface area contributed by atoms with Crippen LogP contribution in [0.3, 0.4) is 0 Å². The largest absolute Gasteiger partial charge is 0.367 e. The summed E-state index contributed by atoms with van der Waals surface area (Å²) in [6, 6.07) is 17.9. The van der Waals surface area contributed by atoms with Crippen LogP contribution < -0.4 is 0 Å². The first-order chi connectivity index (χ1) is 14.2. The van der Waals surface area contributed by atoms with Gasteiger partial charge in [0.1, 0.15) is 6.61 Å². The van der Waals surface area contributed by atoms with Crippen molar-refractivity contribution in [2.45, 2.75) is 32.3 Å². The van der Waals surface area contributed by atoms with E-state index in [-0.39, 0.29) is 18.4 Å². The highest BCUT2D eigenvalue weighted by Crippen LogP contribution is 2.28. The van der Waals surface area contributed by atoms with Gasteiger partial charge >= 0.3 is 0 Å². The molecule has 1 aliphatic rings. The van der Waals surface area contributed by atoms with Crippen LogP contribution in [-0.4, -0.2) is 40.6 Å². The molecule has 0 saturated carbocycles. The minimum Gasteiger partial charge on any atom is -0.367 e. The number of likely N-dealkylation sites (tertiary alicyclic amines) is 1. The Morgan fingerprint density at radius 3 is 2.90 bits per heavy atom. The second kappa shape index (κ2) is 9.01. The van der Waals surface area contributed by atoms with Gasteiger partial charge in [-0.05, 0) is 31.4 Å². The van der Waals surface area contributed by atoms with Crippen LogP contribution >= 0.6 is 0 Å². The highest BCUT2D eigenvalue weighted by atomic mass is 16.5. The van der Waals surface area contributed by atoms with Gasteiger partial charge < -0.3 is 14.2 Å². The Morgan fingerprint density at radius 1 is 1.21 bits per heavy atom.